The fraction of sp³-hybridized carbons (Fsp3) is 0.176. The molecule has 2 amide bonds. The summed E-state index contributed by atoms with van der Waals surface area (Å²) < 4.78 is 0. The second-order valence-corrected chi connectivity index (χ2v) is 5.54. The summed E-state index contributed by atoms with van der Waals surface area (Å²) in [6.07, 6.45) is -1.14. The number of primary amides is 1. The Morgan fingerprint density at radius 2 is 1.70 bits per heavy atom. The molecule has 0 radical (unpaired) electrons. The van der Waals surface area contributed by atoms with E-state index >= 15 is 0 Å². The lowest BCUT2D eigenvalue weighted by Gasteiger charge is -2.18. The van der Waals surface area contributed by atoms with Gasteiger partial charge in [0.15, 0.2) is 6.10 Å². The number of aliphatic hydroxyl groups excluding tert-OH is 1. The Kier molecular flexibility index (Phi) is 5.73. The van der Waals surface area contributed by atoms with Crippen LogP contribution in [0.1, 0.15) is 17.2 Å². The fourth-order valence-electron chi connectivity index (χ4n) is 2.12. The maximum absolute atomic E-state index is 12.1. The van der Waals surface area contributed by atoms with Crippen molar-refractivity contribution in [3.8, 4) is 0 Å². The van der Waals surface area contributed by atoms with Gasteiger partial charge in [0.05, 0.1) is 0 Å². The lowest BCUT2D eigenvalue weighted by molar-refractivity contribution is -0.133. The zero-order valence-electron chi connectivity index (χ0n) is 12.3. The standard InChI is InChI=1S/C17H17ClN2O3/c18-13-8-6-11(7-9-13)10-14(16(19)22)20-17(23)15(21)12-4-2-1-3-5-12/h1-9,14-15,21H,10H2,(H2,19,22)(H,20,23)/t14-,15-/m0/s1. The number of aliphatic hydroxyl groups is 1. The third kappa shape index (κ3) is 4.81. The lowest BCUT2D eigenvalue weighted by atomic mass is 10.0. The Morgan fingerprint density at radius 1 is 1.09 bits per heavy atom. The van der Waals surface area contributed by atoms with E-state index < -0.39 is 24.0 Å². The molecule has 4 N–H and O–H groups in total. The molecule has 0 aliphatic carbocycles. The quantitative estimate of drug-likeness (QED) is 0.750. The number of amides is 2. The van der Waals surface area contributed by atoms with Crippen molar-refractivity contribution in [2.75, 3.05) is 0 Å². The third-order valence-electron chi connectivity index (χ3n) is 3.38. The number of nitrogens with two attached hydrogens (primary N) is 1. The van der Waals surface area contributed by atoms with Crippen LogP contribution in [-0.2, 0) is 16.0 Å². The van der Waals surface area contributed by atoms with E-state index in [1.54, 1.807) is 54.6 Å². The molecule has 0 spiro atoms. The summed E-state index contributed by atoms with van der Waals surface area (Å²) in [7, 11) is 0. The summed E-state index contributed by atoms with van der Waals surface area (Å²) in [6.45, 7) is 0. The van der Waals surface area contributed by atoms with Gasteiger partial charge in [0.1, 0.15) is 6.04 Å². The van der Waals surface area contributed by atoms with E-state index in [9.17, 15) is 14.7 Å². The SMILES string of the molecule is NC(=O)[C@H](Cc1ccc(Cl)cc1)NC(=O)[C@@H](O)c1ccccc1. The van der Waals surface area contributed by atoms with Crippen LogP contribution in [0.5, 0.6) is 0 Å². The van der Waals surface area contributed by atoms with Gasteiger partial charge in [-0.1, -0.05) is 54.1 Å². The molecule has 0 bridgehead atoms. The smallest absolute Gasteiger partial charge is 0.254 e. The number of benzene rings is 2. The highest BCUT2D eigenvalue weighted by Gasteiger charge is 2.23. The summed E-state index contributed by atoms with van der Waals surface area (Å²) in [5.74, 6) is -1.34. The van der Waals surface area contributed by atoms with Crippen molar-refractivity contribution in [3.63, 3.8) is 0 Å². The molecule has 2 aromatic rings. The van der Waals surface area contributed by atoms with E-state index in [2.05, 4.69) is 5.32 Å². The van der Waals surface area contributed by atoms with Gasteiger partial charge >= 0.3 is 0 Å². The van der Waals surface area contributed by atoms with E-state index in [0.29, 0.717) is 10.6 Å². The first-order valence-electron chi connectivity index (χ1n) is 7.04. The van der Waals surface area contributed by atoms with Crippen molar-refractivity contribution in [2.24, 2.45) is 5.73 Å². The average molecular weight is 333 g/mol. The maximum Gasteiger partial charge on any atom is 0.254 e. The Balaban J connectivity index is 2.05. The van der Waals surface area contributed by atoms with Gasteiger partial charge in [-0.3, -0.25) is 9.59 Å². The molecule has 0 aliphatic heterocycles. The third-order valence-corrected chi connectivity index (χ3v) is 3.63. The molecule has 6 heteroatoms. The maximum atomic E-state index is 12.1. The molecule has 5 nitrogen and oxygen atoms in total. The predicted molar refractivity (Wildman–Crippen MR) is 87.7 cm³/mol. The first kappa shape index (κ1) is 17.0. The minimum atomic E-state index is -1.36. The molecular formula is C17H17ClN2O3. The number of rotatable bonds is 6. The zero-order valence-corrected chi connectivity index (χ0v) is 13.0. The van der Waals surface area contributed by atoms with Crippen molar-refractivity contribution in [1.82, 2.24) is 5.32 Å². The molecule has 0 aromatic heterocycles. The lowest BCUT2D eigenvalue weighted by Crippen LogP contribution is -2.47. The monoisotopic (exact) mass is 332 g/mol. The van der Waals surface area contributed by atoms with Gasteiger partial charge in [0, 0.05) is 11.4 Å². The minimum absolute atomic E-state index is 0.222. The van der Waals surface area contributed by atoms with Crippen LogP contribution < -0.4 is 11.1 Å². The first-order chi connectivity index (χ1) is 11.0. The summed E-state index contributed by atoms with van der Waals surface area (Å²) in [6, 6.07) is 14.4. The van der Waals surface area contributed by atoms with Crippen molar-refractivity contribution < 1.29 is 14.7 Å². The van der Waals surface area contributed by atoms with Gasteiger partial charge in [-0.05, 0) is 23.3 Å². The summed E-state index contributed by atoms with van der Waals surface area (Å²) >= 11 is 5.81. The number of nitrogens with one attached hydrogen (secondary N) is 1. The van der Waals surface area contributed by atoms with Gasteiger partial charge < -0.3 is 16.2 Å². The van der Waals surface area contributed by atoms with Gasteiger partial charge in [-0.15, -0.1) is 0 Å². The topological polar surface area (TPSA) is 92.4 Å². The number of carbonyl (C=O) groups is 2. The molecule has 0 saturated heterocycles. The van der Waals surface area contributed by atoms with Crippen LogP contribution in [0.3, 0.4) is 0 Å². The molecular weight excluding hydrogens is 316 g/mol. The van der Waals surface area contributed by atoms with E-state index in [4.69, 9.17) is 17.3 Å². The van der Waals surface area contributed by atoms with Crippen LogP contribution in [0.4, 0.5) is 0 Å². The first-order valence-corrected chi connectivity index (χ1v) is 7.42. The normalized spacial score (nSPS) is 13.1. The average Bonchev–Trinajstić information content (AvgIpc) is 2.56. The molecule has 0 heterocycles. The second-order valence-electron chi connectivity index (χ2n) is 5.11. The van der Waals surface area contributed by atoms with Crippen LogP contribution in [0.25, 0.3) is 0 Å². The molecule has 0 unspecified atom stereocenters. The minimum Gasteiger partial charge on any atom is -0.378 e. The molecule has 23 heavy (non-hydrogen) atoms. The largest absolute Gasteiger partial charge is 0.378 e. The Labute approximate surface area is 139 Å². The Morgan fingerprint density at radius 3 is 2.26 bits per heavy atom. The summed E-state index contributed by atoms with van der Waals surface area (Å²) in [4.78, 5) is 23.7. The van der Waals surface area contributed by atoms with Crippen LogP contribution in [-0.4, -0.2) is 23.0 Å². The van der Waals surface area contributed by atoms with E-state index in [0.717, 1.165) is 5.56 Å². The highest BCUT2D eigenvalue weighted by molar-refractivity contribution is 6.30. The second kappa shape index (κ2) is 7.76. The van der Waals surface area contributed by atoms with Crippen LogP contribution >= 0.6 is 11.6 Å². The number of hydrogen-bond acceptors (Lipinski definition) is 3. The Hall–Kier alpha value is -2.37. The molecule has 2 aromatic carbocycles. The Bertz CT molecular complexity index is 674. The van der Waals surface area contributed by atoms with Crippen LogP contribution in [0.15, 0.2) is 54.6 Å². The molecule has 120 valence electrons. The molecule has 0 saturated carbocycles. The number of carbonyl (C=O) groups excluding carboxylic acids is 2. The zero-order chi connectivity index (χ0) is 16.8. The molecule has 0 fully saturated rings. The van der Waals surface area contributed by atoms with E-state index in [1.807, 2.05) is 0 Å². The molecule has 2 rings (SSSR count). The van der Waals surface area contributed by atoms with Gasteiger partial charge in [0.2, 0.25) is 5.91 Å². The number of hydrogen-bond donors (Lipinski definition) is 3. The molecule has 2 atom stereocenters. The van der Waals surface area contributed by atoms with Crippen molar-refractivity contribution in [1.29, 1.82) is 0 Å². The van der Waals surface area contributed by atoms with Crippen LogP contribution in [0, 0.1) is 0 Å². The van der Waals surface area contributed by atoms with E-state index in [1.165, 1.54) is 0 Å². The predicted octanol–water partition coefficient (Wildman–Crippen LogP) is 1.59. The highest BCUT2D eigenvalue weighted by atomic mass is 35.5. The summed E-state index contributed by atoms with van der Waals surface area (Å²) in [5.41, 5.74) is 6.58. The van der Waals surface area contributed by atoms with Crippen molar-refractivity contribution in [2.45, 2.75) is 18.6 Å². The van der Waals surface area contributed by atoms with Crippen molar-refractivity contribution in [3.05, 3.63) is 70.7 Å². The molecule has 0 aliphatic rings. The van der Waals surface area contributed by atoms with Crippen molar-refractivity contribution >= 4 is 23.4 Å². The van der Waals surface area contributed by atoms with Gasteiger partial charge in [-0.25, -0.2) is 0 Å². The highest BCUT2D eigenvalue weighted by Crippen LogP contribution is 2.14. The van der Waals surface area contributed by atoms with Gasteiger partial charge in [-0.2, -0.15) is 0 Å². The van der Waals surface area contributed by atoms with E-state index in [-0.39, 0.29) is 6.42 Å². The fourth-order valence-corrected chi connectivity index (χ4v) is 2.24. The number of halogens is 1. The van der Waals surface area contributed by atoms with Gasteiger partial charge in [0.25, 0.3) is 5.91 Å². The summed E-state index contributed by atoms with van der Waals surface area (Å²) in [5, 5.41) is 13.1. The van der Waals surface area contributed by atoms with Crippen LogP contribution in [0.2, 0.25) is 5.02 Å².